The fourth-order valence-electron chi connectivity index (χ4n) is 6.44. The summed E-state index contributed by atoms with van der Waals surface area (Å²) in [5.74, 6) is -3.48. The Morgan fingerprint density at radius 3 is 2.30 bits per heavy atom. The van der Waals surface area contributed by atoms with Gasteiger partial charge in [-0.15, -0.1) is 11.3 Å². The van der Waals surface area contributed by atoms with Gasteiger partial charge in [-0.2, -0.15) is 8.78 Å². The van der Waals surface area contributed by atoms with Crippen LogP contribution in [0.15, 0.2) is 48.5 Å². The Bertz CT molecular complexity index is 1550. The van der Waals surface area contributed by atoms with Gasteiger partial charge >= 0.3 is 6.11 Å². The summed E-state index contributed by atoms with van der Waals surface area (Å²) in [7, 11) is 0. The maximum absolute atomic E-state index is 15.1. The Balaban J connectivity index is 1.20. The number of hydrogen-bond acceptors (Lipinski definition) is 3. The molecule has 6 rings (SSSR count). The first kappa shape index (κ1) is 27.1. The lowest BCUT2D eigenvalue weighted by Crippen LogP contribution is -2.29. The maximum atomic E-state index is 15.1. The summed E-state index contributed by atoms with van der Waals surface area (Å²) in [6.45, 7) is 2.33. The fourth-order valence-corrected chi connectivity index (χ4v) is 7.37. The minimum Gasteiger partial charge on any atom is -0.427 e. The molecule has 0 radical (unpaired) electrons. The molecule has 4 atom stereocenters. The van der Waals surface area contributed by atoms with Gasteiger partial charge < -0.3 is 4.74 Å². The highest BCUT2D eigenvalue weighted by Gasteiger charge is 2.39. The number of fused-ring (bicyclic) bond motifs is 2. The number of halogens is 6. The molecule has 1 aromatic heterocycles. The van der Waals surface area contributed by atoms with Crippen molar-refractivity contribution in [1.82, 2.24) is 4.98 Å². The summed E-state index contributed by atoms with van der Waals surface area (Å²) in [6, 6.07) is 9.75. The van der Waals surface area contributed by atoms with Crippen molar-refractivity contribution in [2.24, 2.45) is 17.8 Å². The van der Waals surface area contributed by atoms with Gasteiger partial charge in [0.25, 0.3) is 0 Å². The van der Waals surface area contributed by atoms with Crippen molar-refractivity contribution < 1.29 is 31.1 Å². The predicted molar refractivity (Wildman–Crippen MR) is 142 cm³/mol. The number of alkyl halides is 2. The molecule has 0 saturated heterocycles. The van der Waals surface area contributed by atoms with E-state index in [9.17, 15) is 17.6 Å². The zero-order valence-electron chi connectivity index (χ0n) is 21.7. The lowest BCUT2D eigenvalue weighted by molar-refractivity contribution is -0.185. The maximum Gasteiger partial charge on any atom is 0.454 e. The highest BCUT2D eigenvalue weighted by Crippen LogP contribution is 2.48. The van der Waals surface area contributed by atoms with Crippen molar-refractivity contribution in [2.45, 2.75) is 57.5 Å². The van der Waals surface area contributed by atoms with Gasteiger partial charge in [0.1, 0.15) is 11.6 Å². The minimum atomic E-state index is -3.84. The summed E-state index contributed by atoms with van der Waals surface area (Å²) >= 11 is 0.835. The van der Waals surface area contributed by atoms with Crippen LogP contribution in [0.3, 0.4) is 0 Å². The zero-order chi connectivity index (χ0) is 28.2. The molecule has 3 aromatic carbocycles. The van der Waals surface area contributed by atoms with Gasteiger partial charge in [-0.25, -0.2) is 22.5 Å². The second kappa shape index (κ2) is 10.4. The van der Waals surface area contributed by atoms with E-state index in [1.54, 1.807) is 6.07 Å². The average Bonchev–Trinajstić information content (AvgIpc) is 3.36. The number of ether oxygens (including phenoxy) is 1. The van der Waals surface area contributed by atoms with Gasteiger partial charge in [0.2, 0.25) is 5.01 Å². The third kappa shape index (κ3) is 5.20. The van der Waals surface area contributed by atoms with E-state index < -0.39 is 40.1 Å². The molecule has 1 heterocycles. The number of hydrogen-bond donors (Lipinski definition) is 0. The van der Waals surface area contributed by atoms with Gasteiger partial charge in [-0.3, -0.25) is 0 Å². The fraction of sp³-hybridized carbons (Fsp3) is 0.387. The van der Waals surface area contributed by atoms with Crippen molar-refractivity contribution in [1.29, 1.82) is 0 Å². The van der Waals surface area contributed by atoms with Crippen molar-refractivity contribution in [3.63, 3.8) is 0 Å². The minimum absolute atomic E-state index is 0.277. The molecule has 2 saturated carbocycles. The summed E-state index contributed by atoms with van der Waals surface area (Å²) in [5, 5.41) is -0.559. The molecule has 0 aliphatic heterocycles. The lowest BCUT2D eigenvalue weighted by atomic mass is 9.64. The first-order valence-corrected chi connectivity index (χ1v) is 14.3. The van der Waals surface area contributed by atoms with Crippen molar-refractivity contribution in [2.75, 3.05) is 0 Å². The molecule has 9 heteroatoms. The van der Waals surface area contributed by atoms with Gasteiger partial charge in [0.15, 0.2) is 17.5 Å². The van der Waals surface area contributed by atoms with E-state index in [1.165, 1.54) is 25.7 Å². The Labute approximate surface area is 232 Å². The van der Waals surface area contributed by atoms with Gasteiger partial charge in [-0.05, 0) is 103 Å². The zero-order valence-corrected chi connectivity index (χ0v) is 22.5. The quantitative estimate of drug-likeness (QED) is 0.175. The SMILES string of the molecule is CC1CCC2CC(c3ccc4nc(C(F)(F)Oc5ccc(-c6cc(F)c(F)c(F)c6)c(F)c5)sc4c3)CCC2C1. The molecule has 0 bridgehead atoms. The van der Waals surface area contributed by atoms with Crippen LogP contribution in [0.1, 0.15) is 61.9 Å². The number of nitrogens with zero attached hydrogens (tertiary/aromatic N) is 1. The van der Waals surface area contributed by atoms with Crippen LogP contribution in [-0.4, -0.2) is 4.98 Å². The molecular weight excluding hydrogens is 548 g/mol. The average molecular weight is 576 g/mol. The molecule has 2 aliphatic carbocycles. The Morgan fingerprint density at radius 1 is 0.825 bits per heavy atom. The van der Waals surface area contributed by atoms with Crippen LogP contribution in [0.2, 0.25) is 0 Å². The Hall–Kier alpha value is -3.07. The van der Waals surface area contributed by atoms with Crippen LogP contribution in [0.5, 0.6) is 5.75 Å². The molecule has 0 amide bonds. The Kier molecular flexibility index (Phi) is 7.05. The number of rotatable bonds is 5. The van der Waals surface area contributed by atoms with Crippen LogP contribution in [0, 0.1) is 41.0 Å². The molecular formula is C31H27F6NOS. The van der Waals surface area contributed by atoms with Crippen molar-refractivity contribution in [3.8, 4) is 16.9 Å². The van der Waals surface area contributed by atoms with E-state index in [0.29, 0.717) is 34.3 Å². The highest BCUT2D eigenvalue weighted by molar-refractivity contribution is 7.18. The Morgan fingerprint density at radius 2 is 1.55 bits per heavy atom. The summed E-state index contributed by atoms with van der Waals surface area (Å²) < 4.78 is 90.8. The molecule has 40 heavy (non-hydrogen) atoms. The van der Waals surface area contributed by atoms with E-state index >= 15 is 8.78 Å². The van der Waals surface area contributed by atoms with Gasteiger partial charge in [-0.1, -0.05) is 19.4 Å². The molecule has 2 aliphatic rings. The summed E-state index contributed by atoms with van der Waals surface area (Å²) in [4.78, 5) is 4.09. The van der Waals surface area contributed by atoms with Crippen molar-refractivity contribution >= 4 is 21.6 Å². The van der Waals surface area contributed by atoms with E-state index in [-0.39, 0.29) is 11.1 Å². The molecule has 0 spiro atoms. The van der Waals surface area contributed by atoms with Crippen LogP contribution in [-0.2, 0) is 6.11 Å². The first-order chi connectivity index (χ1) is 19.1. The smallest absolute Gasteiger partial charge is 0.427 e. The van der Waals surface area contributed by atoms with Crippen LogP contribution in [0.25, 0.3) is 21.3 Å². The molecule has 0 N–H and O–H groups in total. The molecule has 2 fully saturated rings. The van der Waals surface area contributed by atoms with E-state index in [0.717, 1.165) is 59.6 Å². The van der Waals surface area contributed by atoms with Gasteiger partial charge in [0, 0.05) is 11.6 Å². The first-order valence-electron chi connectivity index (χ1n) is 13.5. The van der Waals surface area contributed by atoms with Crippen LogP contribution < -0.4 is 4.74 Å². The number of thiazole rings is 1. The lowest BCUT2D eigenvalue weighted by Gasteiger charge is -2.41. The number of benzene rings is 3. The van der Waals surface area contributed by atoms with Crippen LogP contribution in [0.4, 0.5) is 26.3 Å². The largest absolute Gasteiger partial charge is 0.454 e. The monoisotopic (exact) mass is 575 g/mol. The molecule has 4 aromatic rings. The third-order valence-electron chi connectivity index (χ3n) is 8.49. The summed E-state index contributed by atoms with van der Waals surface area (Å²) in [5.41, 5.74) is 1.02. The molecule has 2 nitrogen and oxygen atoms in total. The number of aromatic nitrogens is 1. The molecule has 210 valence electrons. The second-order valence-corrected chi connectivity index (χ2v) is 12.2. The topological polar surface area (TPSA) is 22.1 Å². The van der Waals surface area contributed by atoms with Crippen LogP contribution >= 0.6 is 11.3 Å². The van der Waals surface area contributed by atoms with Crippen molar-refractivity contribution in [3.05, 3.63) is 82.4 Å². The normalized spacial score (nSPS) is 23.3. The third-order valence-corrected chi connectivity index (χ3v) is 9.56. The second-order valence-electron chi connectivity index (χ2n) is 11.2. The highest BCUT2D eigenvalue weighted by atomic mass is 32.1. The summed E-state index contributed by atoms with van der Waals surface area (Å²) in [6.07, 6.45) is 3.43. The van der Waals surface area contributed by atoms with E-state index in [4.69, 9.17) is 4.74 Å². The molecule has 4 unspecified atom stereocenters. The standard InChI is InChI=1S/C31H27F6NOS/c1-16-2-3-18-11-19(5-4-17(18)10-16)20-6-9-27-28(14-20)40-30(38-27)31(36,37)39-22-7-8-23(24(32)15-22)21-12-25(33)29(35)26(34)13-21/h6-9,12-19H,2-5,10-11H2,1H3. The predicted octanol–water partition coefficient (Wildman–Crippen LogP) is 9.97. The van der Waals surface area contributed by atoms with E-state index in [2.05, 4.69) is 11.9 Å². The van der Waals surface area contributed by atoms with E-state index in [1.807, 2.05) is 12.1 Å². The van der Waals surface area contributed by atoms with Gasteiger partial charge in [0.05, 0.1) is 10.2 Å².